The van der Waals surface area contributed by atoms with Gasteiger partial charge in [-0.15, -0.1) is 10.2 Å². The third-order valence-electron chi connectivity index (χ3n) is 2.08. The molecule has 0 fully saturated rings. The fourth-order valence-electron chi connectivity index (χ4n) is 1.37. The summed E-state index contributed by atoms with van der Waals surface area (Å²) < 4.78 is 8.17. The van der Waals surface area contributed by atoms with Crippen LogP contribution in [-0.2, 0) is 0 Å². The summed E-state index contributed by atoms with van der Waals surface area (Å²) in [7, 11) is 0. The molecule has 0 spiro atoms. The molecule has 3 aromatic heterocycles. The Labute approximate surface area is 104 Å². The van der Waals surface area contributed by atoms with E-state index in [-0.39, 0.29) is 0 Å². The molecule has 0 radical (unpaired) electrons. The second-order valence-electron chi connectivity index (χ2n) is 3.24. The highest BCUT2D eigenvalue weighted by Gasteiger charge is 2.07. The fourth-order valence-corrected chi connectivity index (χ4v) is 1.71. The molecule has 17 heavy (non-hydrogen) atoms. The molecule has 3 rings (SSSR count). The summed E-state index contributed by atoms with van der Waals surface area (Å²) in [5.74, 6) is 0.980. The minimum absolute atomic E-state index is 0.393. The first-order valence-electron chi connectivity index (χ1n) is 4.76. The highest BCUT2D eigenvalue weighted by atomic mass is 79.9. The number of halogens is 1. The van der Waals surface area contributed by atoms with Crippen LogP contribution in [0.25, 0.3) is 5.65 Å². The molecule has 0 N–H and O–H groups in total. The van der Waals surface area contributed by atoms with Gasteiger partial charge in [0.2, 0.25) is 5.65 Å². The zero-order valence-electron chi connectivity index (χ0n) is 8.49. The Bertz CT molecular complexity index is 668. The lowest BCUT2D eigenvalue weighted by Gasteiger charge is -2.04. The second-order valence-corrected chi connectivity index (χ2v) is 4.15. The first-order chi connectivity index (χ1) is 8.33. The highest BCUT2D eigenvalue weighted by Crippen LogP contribution is 2.23. The Hall–Kier alpha value is -2.02. The van der Waals surface area contributed by atoms with Crippen molar-refractivity contribution in [3.05, 3.63) is 41.7 Å². The van der Waals surface area contributed by atoms with E-state index in [4.69, 9.17) is 4.74 Å². The maximum Gasteiger partial charge on any atom is 0.265 e. The van der Waals surface area contributed by atoms with Crippen LogP contribution in [0.15, 0.2) is 41.7 Å². The molecule has 0 aliphatic carbocycles. The Morgan fingerprint density at radius 2 is 2.24 bits per heavy atom. The summed E-state index contributed by atoms with van der Waals surface area (Å²) in [4.78, 5) is 8.12. The SMILES string of the molecule is Brc1cncc(Oc2nccn3cnnc23)c1. The topological polar surface area (TPSA) is 65.2 Å². The van der Waals surface area contributed by atoms with E-state index in [0.29, 0.717) is 17.3 Å². The van der Waals surface area contributed by atoms with E-state index < -0.39 is 0 Å². The van der Waals surface area contributed by atoms with Crippen molar-refractivity contribution in [3.8, 4) is 11.6 Å². The zero-order chi connectivity index (χ0) is 11.7. The Morgan fingerprint density at radius 3 is 3.12 bits per heavy atom. The van der Waals surface area contributed by atoms with Gasteiger partial charge in [0.05, 0.1) is 6.20 Å². The molecule has 0 aliphatic heterocycles. The number of rotatable bonds is 2. The van der Waals surface area contributed by atoms with Crippen LogP contribution in [0.3, 0.4) is 0 Å². The van der Waals surface area contributed by atoms with Crippen LogP contribution in [0.2, 0.25) is 0 Å². The van der Waals surface area contributed by atoms with E-state index >= 15 is 0 Å². The van der Waals surface area contributed by atoms with Crippen LogP contribution in [0.1, 0.15) is 0 Å². The van der Waals surface area contributed by atoms with Gasteiger partial charge in [-0.25, -0.2) is 4.98 Å². The van der Waals surface area contributed by atoms with Gasteiger partial charge >= 0.3 is 0 Å². The Balaban J connectivity index is 2.02. The third kappa shape index (κ3) is 1.96. The zero-order valence-corrected chi connectivity index (χ0v) is 10.1. The molecule has 0 amide bonds. The molecule has 3 heterocycles. The summed E-state index contributed by atoms with van der Waals surface area (Å²) in [6, 6.07) is 1.80. The molecule has 3 aromatic rings. The molecule has 0 unspecified atom stereocenters. The molecule has 0 aliphatic rings. The first kappa shape index (κ1) is 10.2. The van der Waals surface area contributed by atoms with E-state index in [0.717, 1.165) is 4.47 Å². The van der Waals surface area contributed by atoms with Gasteiger partial charge < -0.3 is 4.74 Å². The van der Waals surface area contributed by atoms with Crippen LogP contribution in [0.4, 0.5) is 0 Å². The average Bonchev–Trinajstić information content (AvgIpc) is 2.78. The second kappa shape index (κ2) is 4.10. The van der Waals surface area contributed by atoms with Crippen LogP contribution in [-0.4, -0.2) is 24.6 Å². The van der Waals surface area contributed by atoms with Crippen molar-refractivity contribution in [1.82, 2.24) is 24.6 Å². The number of hydrogen-bond acceptors (Lipinski definition) is 5. The Morgan fingerprint density at radius 1 is 1.29 bits per heavy atom. The van der Waals surface area contributed by atoms with Crippen molar-refractivity contribution >= 4 is 21.6 Å². The maximum atomic E-state index is 5.60. The van der Waals surface area contributed by atoms with Crippen LogP contribution in [0.5, 0.6) is 11.6 Å². The van der Waals surface area contributed by atoms with Gasteiger partial charge in [-0.05, 0) is 22.0 Å². The Kier molecular flexibility index (Phi) is 2.45. The number of fused-ring (bicyclic) bond motifs is 1. The summed E-state index contributed by atoms with van der Waals surface area (Å²) in [5, 5.41) is 7.72. The van der Waals surface area contributed by atoms with Gasteiger partial charge in [0, 0.05) is 23.1 Å². The molecule has 0 saturated carbocycles. The fraction of sp³-hybridized carbons (Fsp3) is 0. The van der Waals surface area contributed by atoms with E-state index in [1.165, 1.54) is 0 Å². The molecule has 0 atom stereocenters. The van der Waals surface area contributed by atoms with Crippen molar-refractivity contribution < 1.29 is 4.74 Å². The summed E-state index contributed by atoms with van der Waals surface area (Å²) in [6.07, 6.45) is 8.24. The minimum Gasteiger partial charge on any atom is -0.434 e. The smallest absolute Gasteiger partial charge is 0.265 e. The quantitative estimate of drug-likeness (QED) is 0.723. The number of nitrogens with zero attached hydrogens (tertiary/aromatic N) is 5. The van der Waals surface area contributed by atoms with Gasteiger partial charge in [-0.2, -0.15) is 0 Å². The van der Waals surface area contributed by atoms with E-state index in [1.807, 2.05) is 0 Å². The molecule has 0 bridgehead atoms. The lowest BCUT2D eigenvalue weighted by molar-refractivity contribution is 0.462. The number of hydrogen-bond donors (Lipinski definition) is 0. The predicted octanol–water partition coefficient (Wildman–Crippen LogP) is 2.07. The standard InChI is InChI=1S/C10H6BrN5O/c11-7-3-8(5-12-4-7)17-10-9-15-14-6-16(9)2-1-13-10/h1-6H. The number of ether oxygens (including phenoxy) is 1. The molecular weight excluding hydrogens is 286 g/mol. The van der Waals surface area contributed by atoms with Crippen molar-refractivity contribution in [2.45, 2.75) is 0 Å². The van der Waals surface area contributed by atoms with E-state index in [1.54, 1.807) is 41.6 Å². The summed E-state index contributed by atoms with van der Waals surface area (Å²) >= 11 is 3.32. The lowest BCUT2D eigenvalue weighted by Crippen LogP contribution is -1.93. The monoisotopic (exact) mass is 291 g/mol. The average molecular weight is 292 g/mol. The van der Waals surface area contributed by atoms with Crippen molar-refractivity contribution in [2.24, 2.45) is 0 Å². The maximum absolute atomic E-state index is 5.60. The minimum atomic E-state index is 0.393. The summed E-state index contributed by atoms with van der Waals surface area (Å²) in [5.41, 5.74) is 0.562. The van der Waals surface area contributed by atoms with Crippen LogP contribution >= 0.6 is 15.9 Å². The van der Waals surface area contributed by atoms with Gasteiger partial charge in [-0.3, -0.25) is 9.38 Å². The highest BCUT2D eigenvalue weighted by molar-refractivity contribution is 9.10. The van der Waals surface area contributed by atoms with Crippen molar-refractivity contribution in [3.63, 3.8) is 0 Å². The normalized spacial score (nSPS) is 10.6. The van der Waals surface area contributed by atoms with Crippen molar-refractivity contribution in [1.29, 1.82) is 0 Å². The van der Waals surface area contributed by atoms with Crippen molar-refractivity contribution in [2.75, 3.05) is 0 Å². The van der Waals surface area contributed by atoms with E-state index in [9.17, 15) is 0 Å². The van der Waals surface area contributed by atoms with Gasteiger partial charge in [-0.1, -0.05) is 0 Å². The first-order valence-corrected chi connectivity index (χ1v) is 5.55. The third-order valence-corrected chi connectivity index (χ3v) is 2.51. The molecule has 6 nitrogen and oxygen atoms in total. The molecule has 0 aromatic carbocycles. The molecule has 84 valence electrons. The van der Waals surface area contributed by atoms with Crippen LogP contribution < -0.4 is 4.74 Å². The molecule has 0 saturated heterocycles. The number of pyridine rings is 1. The van der Waals surface area contributed by atoms with Gasteiger partial charge in [0.25, 0.3) is 5.88 Å². The molecule has 7 heteroatoms. The number of aromatic nitrogens is 5. The van der Waals surface area contributed by atoms with E-state index in [2.05, 4.69) is 36.1 Å². The predicted molar refractivity (Wildman–Crippen MR) is 62.8 cm³/mol. The lowest BCUT2D eigenvalue weighted by atomic mass is 10.5. The molecular formula is C10H6BrN5O. The van der Waals surface area contributed by atoms with Crippen LogP contribution in [0, 0.1) is 0 Å². The van der Waals surface area contributed by atoms with Gasteiger partial charge in [0.15, 0.2) is 0 Å². The van der Waals surface area contributed by atoms with Gasteiger partial charge in [0.1, 0.15) is 12.1 Å². The summed E-state index contributed by atoms with van der Waals surface area (Å²) in [6.45, 7) is 0. The largest absolute Gasteiger partial charge is 0.434 e.